The molecule has 2 aromatic rings. The van der Waals surface area contributed by atoms with E-state index in [1.165, 1.54) is 29.5 Å². The van der Waals surface area contributed by atoms with Crippen LogP contribution in [0.15, 0.2) is 42.5 Å². The largest absolute Gasteiger partial charge is 0.481 e. The van der Waals surface area contributed by atoms with Crippen LogP contribution in [0.25, 0.3) is 0 Å². The molecule has 0 aromatic heterocycles. The average molecular weight is 481 g/mol. The van der Waals surface area contributed by atoms with E-state index in [1.54, 1.807) is 31.2 Å². The lowest BCUT2D eigenvalue weighted by Gasteiger charge is -2.31. The molecule has 2 aromatic carbocycles. The van der Waals surface area contributed by atoms with Gasteiger partial charge >= 0.3 is 0 Å². The van der Waals surface area contributed by atoms with Gasteiger partial charge in [-0.1, -0.05) is 60.7 Å². The van der Waals surface area contributed by atoms with Crippen molar-refractivity contribution in [3.05, 3.63) is 63.9 Å². The summed E-state index contributed by atoms with van der Waals surface area (Å²) in [5.41, 5.74) is 0.646. The number of nitrogens with zero attached hydrogens (tertiary/aromatic N) is 1. The minimum absolute atomic E-state index is 0.0235. The third kappa shape index (κ3) is 6.59. The molecule has 1 N–H and O–H groups in total. The van der Waals surface area contributed by atoms with Gasteiger partial charge in [0.05, 0.1) is 0 Å². The first-order chi connectivity index (χ1) is 15.3. The number of rotatable bonds is 8. The maximum Gasteiger partial charge on any atom is 0.261 e. The second-order valence-electron chi connectivity index (χ2n) is 8.00. The fourth-order valence-electron chi connectivity index (χ4n) is 3.77. The Morgan fingerprint density at radius 2 is 1.88 bits per heavy atom. The van der Waals surface area contributed by atoms with Crippen LogP contribution in [0.3, 0.4) is 0 Å². The molecule has 1 fully saturated rings. The Morgan fingerprint density at radius 1 is 1.16 bits per heavy atom. The summed E-state index contributed by atoms with van der Waals surface area (Å²) < 4.78 is 19.3. The molecule has 1 saturated carbocycles. The van der Waals surface area contributed by atoms with E-state index in [-0.39, 0.29) is 24.2 Å². The molecular weight excluding hydrogens is 454 g/mol. The molecule has 0 aliphatic heterocycles. The zero-order valence-electron chi connectivity index (χ0n) is 18.0. The van der Waals surface area contributed by atoms with Gasteiger partial charge in [-0.3, -0.25) is 9.59 Å². The van der Waals surface area contributed by atoms with Gasteiger partial charge < -0.3 is 15.0 Å². The number of benzene rings is 2. The first kappa shape index (κ1) is 24.3. The summed E-state index contributed by atoms with van der Waals surface area (Å²) >= 11 is 12.3. The van der Waals surface area contributed by atoms with Crippen molar-refractivity contribution in [3.63, 3.8) is 0 Å². The van der Waals surface area contributed by atoms with Crippen LogP contribution in [-0.2, 0) is 16.1 Å². The second kappa shape index (κ2) is 11.5. The number of carbonyl (C=O) groups excluding carboxylic acids is 2. The molecule has 0 saturated heterocycles. The predicted octanol–water partition coefficient (Wildman–Crippen LogP) is 5.38. The van der Waals surface area contributed by atoms with Gasteiger partial charge in [0.1, 0.15) is 6.04 Å². The molecule has 1 aliphatic carbocycles. The summed E-state index contributed by atoms with van der Waals surface area (Å²) in [5, 5.41) is 3.93. The molecule has 8 heteroatoms. The Labute approximate surface area is 197 Å². The topological polar surface area (TPSA) is 58.6 Å². The maximum absolute atomic E-state index is 13.9. The van der Waals surface area contributed by atoms with Crippen LogP contribution in [0.1, 0.15) is 44.6 Å². The minimum atomic E-state index is -0.764. The molecule has 0 heterocycles. The van der Waals surface area contributed by atoms with E-state index in [0.717, 1.165) is 25.7 Å². The number of nitrogens with one attached hydrogen (secondary N) is 1. The van der Waals surface area contributed by atoms with Crippen LogP contribution in [0.2, 0.25) is 10.0 Å². The van der Waals surface area contributed by atoms with Crippen LogP contribution < -0.4 is 10.1 Å². The highest BCUT2D eigenvalue weighted by atomic mass is 35.5. The van der Waals surface area contributed by atoms with E-state index < -0.39 is 24.4 Å². The van der Waals surface area contributed by atoms with Crippen molar-refractivity contribution in [1.29, 1.82) is 0 Å². The lowest BCUT2D eigenvalue weighted by Crippen LogP contribution is -2.51. The SMILES string of the molecule is C[C@H](C(=O)NC1CCCCC1)N(Cc1ccc(Cl)cc1Cl)C(=O)COc1ccccc1F. The van der Waals surface area contributed by atoms with Crippen molar-refractivity contribution in [2.45, 2.75) is 57.7 Å². The standard InChI is InChI=1S/C24H27Cl2FN2O3/c1-16(24(31)28-19-7-3-2-4-8-19)29(14-17-11-12-18(25)13-20(17)26)23(30)15-32-22-10-6-5-9-21(22)27/h5-6,9-13,16,19H,2-4,7-8,14-15H2,1H3,(H,28,31)/t16-/m1/s1. The zero-order valence-corrected chi connectivity index (χ0v) is 19.5. The van der Waals surface area contributed by atoms with Crippen molar-refractivity contribution >= 4 is 35.0 Å². The number of hydrogen-bond donors (Lipinski definition) is 1. The first-order valence-corrected chi connectivity index (χ1v) is 11.5. The molecule has 2 amide bonds. The Balaban J connectivity index is 1.75. The van der Waals surface area contributed by atoms with Gasteiger partial charge in [-0.05, 0) is 49.6 Å². The molecule has 0 spiro atoms. The van der Waals surface area contributed by atoms with Crippen molar-refractivity contribution in [3.8, 4) is 5.75 Å². The van der Waals surface area contributed by atoms with E-state index in [2.05, 4.69) is 5.32 Å². The normalized spacial score (nSPS) is 15.1. The van der Waals surface area contributed by atoms with Gasteiger partial charge in [0.2, 0.25) is 5.91 Å². The van der Waals surface area contributed by atoms with Crippen LogP contribution in [0, 0.1) is 5.82 Å². The highest BCUT2D eigenvalue weighted by Crippen LogP contribution is 2.24. The zero-order chi connectivity index (χ0) is 23.1. The maximum atomic E-state index is 13.9. The van der Waals surface area contributed by atoms with E-state index in [0.29, 0.717) is 15.6 Å². The van der Waals surface area contributed by atoms with Gasteiger partial charge in [0.25, 0.3) is 5.91 Å². The number of hydrogen-bond acceptors (Lipinski definition) is 3. The van der Waals surface area contributed by atoms with Gasteiger partial charge in [-0.2, -0.15) is 0 Å². The van der Waals surface area contributed by atoms with Gasteiger partial charge in [0, 0.05) is 22.6 Å². The quantitative estimate of drug-likeness (QED) is 0.551. The molecule has 1 aliphatic rings. The number of amides is 2. The fourth-order valence-corrected chi connectivity index (χ4v) is 4.24. The number of carbonyl (C=O) groups is 2. The molecule has 172 valence electrons. The van der Waals surface area contributed by atoms with E-state index in [4.69, 9.17) is 27.9 Å². The average Bonchev–Trinajstić information content (AvgIpc) is 2.78. The third-order valence-corrected chi connectivity index (χ3v) is 6.25. The summed E-state index contributed by atoms with van der Waals surface area (Å²) in [6.07, 6.45) is 5.21. The summed E-state index contributed by atoms with van der Waals surface area (Å²) in [4.78, 5) is 27.4. The Morgan fingerprint density at radius 3 is 2.56 bits per heavy atom. The lowest BCUT2D eigenvalue weighted by molar-refractivity contribution is -0.142. The molecule has 32 heavy (non-hydrogen) atoms. The number of para-hydroxylation sites is 1. The molecule has 3 rings (SSSR count). The van der Waals surface area contributed by atoms with Crippen molar-refractivity contribution < 1.29 is 18.7 Å². The summed E-state index contributed by atoms with van der Waals surface area (Å²) in [7, 11) is 0. The summed E-state index contributed by atoms with van der Waals surface area (Å²) in [6.45, 7) is 1.35. The van der Waals surface area contributed by atoms with E-state index in [1.807, 2.05) is 0 Å². The third-order valence-electron chi connectivity index (χ3n) is 5.66. The Hall–Kier alpha value is -2.31. The molecular formula is C24H27Cl2FN2O3. The van der Waals surface area contributed by atoms with E-state index >= 15 is 0 Å². The van der Waals surface area contributed by atoms with Crippen LogP contribution >= 0.6 is 23.2 Å². The molecule has 5 nitrogen and oxygen atoms in total. The van der Waals surface area contributed by atoms with Crippen molar-refractivity contribution in [2.75, 3.05) is 6.61 Å². The molecule has 0 unspecified atom stereocenters. The smallest absolute Gasteiger partial charge is 0.261 e. The lowest BCUT2D eigenvalue weighted by atomic mass is 9.95. The predicted molar refractivity (Wildman–Crippen MR) is 123 cm³/mol. The molecule has 1 atom stereocenters. The number of halogens is 3. The monoisotopic (exact) mass is 480 g/mol. The highest BCUT2D eigenvalue weighted by molar-refractivity contribution is 6.35. The minimum Gasteiger partial charge on any atom is -0.481 e. The van der Waals surface area contributed by atoms with E-state index in [9.17, 15) is 14.0 Å². The fraction of sp³-hybridized carbons (Fsp3) is 0.417. The van der Waals surface area contributed by atoms with Crippen LogP contribution in [0.4, 0.5) is 4.39 Å². The van der Waals surface area contributed by atoms with Gasteiger partial charge in [0.15, 0.2) is 18.2 Å². The molecule has 0 bridgehead atoms. The first-order valence-electron chi connectivity index (χ1n) is 10.8. The van der Waals surface area contributed by atoms with Crippen molar-refractivity contribution in [1.82, 2.24) is 10.2 Å². The molecule has 0 radical (unpaired) electrons. The second-order valence-corrected chi connectivity index (χ2v) is 8.84. The highest BCUT2D eigenvalue weighted by Gasteiger charge is 2.29. The van der Waals surface area contributed by atoms with Crippen molar-refractivity contribution in [2.24, 2.45) is 0 Å². The Bertz CT molecular complexity index is 951. The Kier molecular flexibility index (Phi) is 8.76. The number of ether oxygens (including phenoxy) is 1. The summed E-state index contributed by atoms with van der Waals surface area (Å²) in [6, 6.07) is 10.2. The van der Waals surface area contributed by atoms with Gasteiger partial charge in [-0.25, -0.2) is 4.39 Å². The van der Waals surface area contributed by atoms with Crippen LogP contribution in [-0.4, -0.2) is 35.4 Å². The van der Waals surface area contributed by atoms with Gasteiger partial charge in [-0.15, -0.1) is 0 Å². The summed E-state index contributed by atoms with van der Waals surface area (Å²) in [5.74, 6) is -1.27. The van der Waals surface area contributed by atoms with Crippen LogP contribution in [0.5, 0.6) is 5.75 Å².